The lowest BCUT2D eigenvalue weighted by Gasteiger charge is -2.08. The third kappa shape index (κ3) is 4.61. The molecule has 0 radical (unpaired) electrons. The maximum absolute atomic E-state index is 11.0. The summed E-state index contributed by atoms with van der Waals surface area (Å²) < 4.78 is 5.48. The van der Waals surface area contributed by atoms with Gasteiger partial charge in [-0.25, -0.2) is 0 Å². The molecule has 0 fully saturated rings. The molecule has 0 aliphatic carbocycles. The molecule has 110 valence electrons. The van der Waals surface area contributed by atoms with Crippen molar-refractivity contribution in [3.63, 3.8) is 0 Å². The fourth-order valence-corrected chi connectivity index (χ4v) is 2.05. The molecule has 0 aromatic heterocycles. The summed E-state index contributed by atoms with van der Waals surface area (Å²) in [6.07, 6.45) is 0. The molecule has 0 aliphatic heterocycles. The van der Waals surface area contributed by atoms with Crippen molar-refractivity contribution >= 4 is 5.91 Å². The number of benzene rings is 2. The largest absolute Gasteiger partial charge is 0.494 e. The van der Waals surface area contributed by atoms with Crippen LogP contribution in [0, 0.1) is 0 Å². The highest BCUT2D eigenvalue weighted by Gasteiger charge is 2.00. The summed E-state index contributed by atoms with van der Waals surface area (Å²) in [5.74, 6) is 0.491. The van der Waals surface area contributed by atoms with Gasteiger partial charge in [-0.2, -0.15) is 0 Å². The lowest BCUT2D eigenvalue weighted by atomic mass is 10.1. The van der Waals surface area contributed by atoms with Crippen molar-refractivity contribution in [2.45, 2.75) is 20.0 Å². The summed E-state index contributed by atoms with van der Waals surface area (Å²) in [4.78, 5) is 11.0. The molecule has 0 spiro atoms. The van der Waals surface area contributed by atoms with Gasteiger partial charge in [-0.1, -0.05) is 24.3 Å². The lowest BCUT2D eigenvalue weighted by molar-refractivity contribution is 0.100. The molecule has 4 nitrogen and oxygen atoms in total. The number of nitrogens with one attached hydrogen (secondary N) is 1. The van der Waals surface area contributed by atoms with Crippen LogP contribution in [-0.2, 0) is 13.1 Å². The van der Waals surface area contributed by atoms with Crippen LogP contribution < -0.4 is 15.8 Å². The van der Waals surface area contributed by atoms with E-state index in [0.717, 1.165) is 24.4 Å². The first-order valence-corrected chi connectivity index (χ1v) is 7.00. The second kappa shape index (κ2) is 7.45. The van der Waals surface area contributed by atoms with Crippen LogP contribution in [0.15, 0.2) is 48.5 Å². The third-order valence-corrected chi connectivity index (χ3v) is 3.11. The van der Waals surface area contributed by atoms with Gasteiger partial charge in [0.1, 0.15) is 5.75 Å². The number of carbonyl (C=O) groups is 1. The van der Waals surface area contributed by atoms with Crippen LogP contribution in [0.1, 0.15) is 28.4 Å². The van der Waals surface area contributed by atoms with E-state index in [9.17, 15) is 4.79 Å². The SMILES string of the molecule is CCOc1cccc(CNCc2ccc(C(N)=O)cc2)c1. The first-order chi connectivity index (χ1) is 10.2. The average Bonchev–Trinajstić information content (AvgIpc) is 2.48. The van der Waals surface area contributed by atoms with Gasteiger partial charge in [0.05, 0.1) is 6.61 Å². The van der Waals surface area contributed by atoms with E-state index >= 15 is 0 Å². The van der Waals surface area contributed by atoms with Gasteiger partial charge in [0.25, 0.3) is 0 Å². The molecular formula is C17H20N2O2. The van der Waals surface area contributed by atoms with Crippen LogP contribution >= 0.6 is 0 Å². The number of nitrogens with two attached hydrogens (primary N) is 1. The van der Waals surface area contributed by atoms with Crippen molar-refractivity contribution in [3.05, 3.63) is 65.2 Å². The molecule has 1 amide bonds. The van der Waals surface area contributed by atoms with Crippen molar-refractivity contribution in [1.29, 1.82) is 0 Å². The molecule has 0 saturated carbocycles. The molecule has 0 bridgehead atoms. The van der Waals surface area contributed by atoms with E-state index in [2.05, 4.69) is 11.4 Å². The van der Waals surface area contributed by atoms with Gasteiger partial charge < -0.3 is 15.8 Å². The normalized spacial score (nSPS) is 10.3. The van der Waals surface area contributed by atoms with Crippen LogP contribution in [0.4, 0.5) is 0 Å². The fraction of sp³-hybridized carbons (Fsp3) is 0.235. The van der Waals surface area contributed by atoms with E-state index in [0.29, 0.717) is 12.2 Å². The van der Waals surface area contributed by atoms with E-state index in [1.54, 1.807) is 12.1 Å². The number of ether oxygens (including phenoxy) is 1. The van der Waals surface area contributed by atoms with Crippen LogP contribution in [0.5, 0.6) is 5.75 Å². The van der Waals surface area contributed by atoms with Gasteiger partial charge in [0.15, 0.2) is 0 Å². The molecule has 2 aromatic rings. The van der Waals surface area contributed by atoms with Crippen molar-refractivity contribution in [1.82, 2.24) is 5.32 Å². The number of primary amides is 1. The van der Waals surface area contributed by atoms with Gasteiger partial charge in [0, 0.05) is 18.7 Å². The third-order valence-electron chi connectivity index (χ3n) is 3.11. The van der Waals surface area contributed by atoms with Gasteiger partial charge >= 0.3 is 0 Å². The Kier molecular flexibility index (Phi) is 5.35. The number of amides is 1. The second-order valence-electron chi connectivity index (χ2n) is 4.75. The van der Waals surface area contributed by atoms with Crippen molar-refractivity contribution in [2.24, 2.45) is 5.73 Å². The smallest absolute Gasteiger partial charge is 0.248 e. The second-order valence-corrected chi connectivity index (χ2v) is 4.75. The maximum Gasteiger partial charge on any atom is 0.248 e. The Bertz CT molecular complexity index is 594. The number of hydrogen-bond acceptors (Lipinski definition) is 3. The zero-order valence-corrected chi connectivity index (χ0v) is 12.1. The van der Waals surface area contributed by atoms with Crippen LogP contribution in [-0.4, -0.2) is 12.5 Å². The van der Waals surface area contributed by atoms with Crippen molar-refractivity contribution in [3.8, 4) is 5.75 Å². The fourth-order valence-electron chi connectivity index (χ4n) is 2.05. The van der Waals surface area contributed by atoms with Gasteiger partial charge in [-0.3, -0.25) is 4.79 Å². The van der Waals surface area contributed by atoms with Crippen LogP contribution in [0.3, 0.4) is 0 Å². The van der Waals surface area contributed by atoms with Gasteiger partial charge in [0.2, 0.25) is 5.91 Å². The molecule has 0 unspecified atom stereocenters. The Morgan fingerprint density at radius 2 is 1.81 bits per heavy atom. The Morgan fingerprint density at radius 3 is 2.48 bits per heavy atom. The molecule has 2 rings (SSSR count). The molecule has 0 atom stereocenters. The minimum atomic E-state index is -0.401. The van der Waals surface area contributed by atoms with Crippen molar-refractivity contribution < 1.29 is 9.53 Å². The number of carbonyl (C=O) groups excluding carboxylic acids is 1. The standard InChI is InChI=1S/C17H20N2O2/c1-2-21-16-5-3-4-14(10-16)12-19-11-13-6-8-15(9-7-13)17(18)20/h3-10,19H,2,11-12H2,1H3,(H2,18,20). The molecule has 2 aromatic carbocycles. The van der Waals surface area contributed by atoms with E-state index in [4.69, 9.17) is 10.5 Å². The minimum Gasteiger partial charge on any atom is -0.494 e. The predicted molar refractivity (Wildman–Crippen MR) is 83.1 cm³/mol. The predicted octanol–water partition coefficient (Wildman–Crippen LogP) is 2.47. The summed E-state index contributed by atoms with van der Waals surface area (Å²) in [6.45, 7) is 4.14. The van der Waals surface area contributed by atoms with E-state index < -0.39 is 5.91 Å². The Morgan fingerprint density at radius 1 is 1.10 bits per heavy atom. The Hall–Kier alpha value is -2.33. The highest BCUT2D eigenvalue weighted by atomic mass is 16.5. The maximum atomic E-state index is 11.0. The lowest BCUT2D eigenvalue weighted by Crippen LogP contribution is -2.14. The zero-order valence-electron chi connectivity index (χ0n) is 12.1. The summed E-state index contributed by atoms with van der Waals surface area (Å²) >= 11 is 0. The first-order valence-electron chi connectivity index (χ1n) is 7.00. The minimum absolute atomic E-state index is 0.401. The molecule has 0 aliphatic rings. The Labute approximate surface area is 124 Å². The summed E-state index contributed by atoms with van der Waals surface area (Å²) in [5, 5.41) is 3.36. The highest BCUT2D eigenvalue weighted by Crippen LogP contribution is 2.13. The van der Waals surface area contributed by atoms with E-state index in [1.165, 1.54) is 5.56 Å². The Balaban J connectivity index is 1.86. The topological polar surface area (TPSA) is 64.3 Å². The number of rotatable bonds is 7. The van der Waals surface area contributed by atoms with Gasteiger partial charge in [-0.05, 0) is 42.3 Å². The highest BCUT2D eigenvalue weighted by molar-refractivity contribution is 5.92. The van der Waals surface area contributed by atoms with Crippen LogP contribution in [0.25, 0.3) is 0 Å². The molecule has 0 saturated heterocycles. The van der Waals surface area contributed by atoms with Crippen molar-refractivity contribution in [2.75, 3.05) is 6.61 Å². The monoisotopic (exact) mass is 284 g/mol. The summed E-state index contributed by atoms with van der Waals surface area (Å²) in [6, 6.07) is 15.3. The average molecular weight is 284 g/mol. The van der Waals surface area contributed by atoms with E-state index in [1.807, 2.05) is 37.3 Å². The van der Waals surface area contributed by atoms with E-state index in [-0.39, 0.29) is 0 Å². The molecular weight excluding hydrogens is 264 g/mol. The summed E-state index contributed by atoms with van der Waals surface area (Å²) in [7, 11) is 0. The first kappa shape index (κ1) is 15.1. The molecule has 0 heterocycles. The molecule has 21 heavy (non-hydrogen) atoms. The quantitative estimate of drug-likeness (QED) is 0.821. The van der Waals surface area contributed by atoms with Gasteiger partial charge in [-0.15, -0.1) is 0 Å². The zero-order chi connectivity index (χ0) is 15.1. The summed E-state index contributed by atoms with van der Waals surface area (Å²) in [5.41, 5.74) is 8.03. The number of hydrogen-bond donors (Lipinski definition) is 2. The molecule has 4 heteroatoms. The van der Waals surface area contributed by atoms with Crippen LogP contribution in [0.2, 0.25) is 0 Å². The molecule has 3 N–H and O–H groups in total.